The van der Waals surface area contributed by atoms with Gasteiger partial charge in [-0.05, 0) is 59.1 Å². The van der Waals surface area contributed by atoms with Crippen molar-refractivity contribution in [2.24, 2.45) is 0 Å². The van der Waals surface area contributed by atoms with E-state index in [9.17, 15) is 20.1 Å². The zero-order valence-corrected chi connectivity index (χ0v) is 19.4. The highest BCUT2D eigenvalue weighted by molar-refractivity contribution is 9.10. The maximum atomic E-state index is 12.8. The van der Waals surface area contributed by atoms with Crippen molar-refractivity contribution in [2.45, 2.75) is 20.3 Å². The number of nitriles is 2. The Morgan fingerprint density at radius 2 is 2.06 bits per heavy atom. The Hall–Kier alpha value is -3.20. The fourth-order valence-electron chi connectivity index (χ4n) is 2.69. The molecule has 0 radical (unpaired) electrons. The largest absolute Gasteiger partial charge is 0.488 e. The molecule has 0 saturated carbocycles. The number of rotatable bonds is 9. The summed E-state index contributed by atoms with van der Waals surface area (Å²) >= 11 is 4.45. The smallest absolute Gasteiger partial charge is 0.348 e. The molecule has 8 heteroatoms. The second-order valence-electron chi connectivity index (χ2n) is 6.25. The van der Waals surface area contributed by atoms with E-state index in [1.165, 1.54) is 6.08 Å². The lowest BCUT2D eigenvalue weighted by molar-refractivity contribution is -0.114. The van der Waals surface area contributed by atoms with Crippen molar-refractivity contribution >= 4 is 45.1 Å². The van der Waals surface area contributed by atoms with Crippen molar-refractivity contribution in [3.05, 3.63) is 67.3 Å². The summed E-state index contributed by atoms with van der Waals surface area (Å²) in [6.45, 7) is 7.49. The van der Waals surface area contributed by atoms with Gasteiger partial charge in [0.15, 0.2) is 5.78 Å². The number of allylic oxidation sites excluding steroid dienone is 1. The van der Waals surface area contributed by atoms with Crippen LogP contribution in [0, 0.1) is 29.6 Å². The molecule has 0 amide bonds. The van der Waals surface area contributed by atoms with Crippen LogP contribution in [0.2, 0.25) is 0 Å². The van der Waals surface area contributed by atoms with Crippen molar-refractivity contribution in [3.8, 4) is 17.9 Å². The Labute approximate surface area is 193 Å². The van der Waals surface area contributed by atoms with Crippen LogP contribution in [-0.4, -0.2) is 25.0 Å². The molecule has 1 heterocycles. The van der Waals surface area contributed by atoms with Gasteiger partial charge in [-0.25, -0.2) is 4.79 Å². The van der Waals surface area contributed by atoms with E-state index in [2.05, 4.69) is 22.5 Å². The van der Waals surface area contributed by atoms with E-state index >= 15 is 0 Å². The molecule has 2 aromatic rings. The van der Waals surface area contributed by atoms with Gasteiger partial charge in [-0.3, -0.25) is 4.79 Å². The first-order chi connectivity index (χ1) is 14.9. The normalized spacial score (nSPS) is 10.7. The van der Waals surface area contributed by atoms with Crippen LogP contribution < -0.4 is 4.74 Å². The molecule has 0 fully saturated rings. The van der Waals surface area contributed by atoms with Gasteiger partial charge in [-0.1, -0.05) is 18.7 Å². The number of hydrogen-bond donors (Lipinski definition) is 0. The summed E-state index contributed by atoms with van der Waals surface area (Å²) in [4.78, 5) is 25.6. The number of thiophene rings is 1. The maximum absolute atomic E-state index is 12.8. The molecule has 0 saturated heterocycles. The van der Waals surface area contributed by atoms with Crippen LogP contribution >= 0.6 is 27.3 Å². The van der Waals surface area contributed by atoms with Gasteiger partial charge in [0.1, 0.15) is 29.4 Å². The molecule has 0 aliphatic carbocycles. The fourth-order valence-corrected chi connectivity index (χ4v) is 4.35. The minimum absolute atomic E-state index is 0.0562. The number of ether oxygens (including phenoxy) is 2. The molecule has 0 atom stereocenters. The van der Waals surface area contributed by atoms with E-state index in [1.54, 1.807) is 38.1 Å². The minimum atomic E-state index is -0.528. The first-order valence-corrected chi connectivity index (χ1v) is 10.8. The van der Waals surface area contributed by atoms with Gasteiger partial charge in [0.2, 0.25) is 0 Å². The highest BCUT2D eigenvalue weighted by Gasteiger charge is 2.23. The van der Waals surface area contributed by atoms with E-state index < -0.39 is 11.8 Å². The van der Waals surface area contributed by atoms with Crippen LogP contribution in [0.15, 0.2) is 40.9 Å². The standard InChI is InChI=1S/C23H19BrN2O4S/c1-4-8-30-20-7-6-15(10-18(20)24)9-16(12-25)19(27)11-21-17(13-26)14(3)22(31-21)23(28)29-5-2/h4,6-7,9-10H,1,5,8,11H2,2-3H3/b16-9+. The van der Waals surface area contributed by atoms with Crippen molar-refractivity contribution in [1.82, 2.24) is 0 Å². The number of nitrogens with zero attached hydrogens (tertiary/aromatic N) is 2. The van der Waals surface area contributed by atoms with Crippen LogP contribution in [0.4, 0.5) is 0 Å². The van der Waals surface area contributed by atoms with Gasteiger partial charge in [0, 0.05) is 11.3 Å². The van der Waals surface area contributed by atoms with E-state index in [1.807, 2.05) is 12.1 Å². The third-order valence-corrected chi connectivity index (χ3v) is 6.05. The topological polar surface area (TPSA) is 100 Å². The summed E-state index contributed by atoms with van der Waals surface area (Å²) in [5.41, 5.74) is 1.33. The second kappa shape index (κ2) is 11.3. The van der Waals surface area contributed by atoms with Crippen LogP contribution in [0.25, 0.3) is 6.08 Å². The van der Waals surface area contributed by atoms with Crippen LogP contribution in [-0.2, 0) is 16.0 Å². The van der Waals surface area contributed by atoms with Crippen LogP contribution in [0.5, 0.6) is 5.75 Å². The number of esters is 1. The molecule has 0 unspecified atom stereocenters. The quantitative estimate of drug-likeness (QED) is 0.205. The summed E-state index contributed by atoms with van der Waals surface area (Å²) in [5.74, 6) is -0.361. The molecule has 0 N–H and O–H groups in total. The molecule has 0 bridgehead atoms. The SMILES string of the molecule is C=CCOc1ccc(/C=C(\C#N)C(=O)Cc2sc(C(=O)OCC)c(C)c2C#N)cc1Br. The third kappa shape index (κ3) is 5.91. The number of benzene rings is 1. The lowest BCUT2D eigenvalue weighted by Crippen LogP contribution is -2.05. The Bertz CT molecular complexity index is 1140. The van der Waals surface area contributed by atoms with Gasteiger partial charge in [0.05, 0.1) is 22.2 Å². The Balaban J connectivity index is 2.30. The molecule has 0 spiro atoms. The summed E-state index contributed by atoms with van der Waals surface area (Å²) < 4.78 is 11.2. The Morgan fingerprint density at radius 3 is 2.65 bits per heavy atom. The second-order valence-corrected chi connectivity index (χ2v) is 8.21. The van der Waals surface area contributed by atoms with Gasteiger partial charge < -0.3 is 9.47 Å². The van der Waals surface area contributed by atoms with Crippen LogP contribution in [0.3, 0.4) is 0 Å². The highest BCUT2D eigenvalue weighted by Crippen LogP contribution is 2.30. The van der Waals surface area contributed by atoms with Crippen LogP contribution in [0.1, 0.15) is 38.2 Å². The molecule has 1 aromatic carbocycles. The molecular formula is C23H19BrN2O4S. The molecular weight excluding hydrogens is 480 g/mol. The zero-order valence-electron chi connectivity index (χ0n) is 17.0. The highest BCUT2D eigenvalue weighted by atomic mass is 79.9. The molecule has 158 valence electrons. The van der Waals surface area contributed by atoms with Crippen molar-refractivity contribution in [1.29, 1.82) is 10.5 Å². The first-order valence-electron chi connectivity index (χ1n) is 9.23. The van der Waals surface area contributed by atoms with E-state index in [0.29, 0.717) is 37.7 Å². The number of halogens is 1. The Kier molecular flexibility index (Phi) is 8.75. The predicted molar refractivity (Wildman–Crippen MR) is 122 cm³/mol. The predicted octanol–water partition coefficient (Wildman–Crippen LogP) is 5.15. The van der Waals surface area contributed by atoms with Crippen molar-refractivity contribution < 1.29 is 19.1 Å². The number of Topliss-reactive ketones (excluding diaryl/α,β-unsaturated/α-hetero) is 1. The molecule has 1 aromatic heterocycles. The number of ketones is 1. The summed E-state index contributed by atoms with van der Waals surface area (Å²) in [7, 11) is 0. The molecule has 31 heavy (non-hydrogen) atoms. The molecule has 0 aliphatic heterocycles. The summed E-state index contributed by atoms with van der Waals surface area (Å²) in [5, 5.41) is 19.0. The maximum Gasteiger partial charge on any atom is 0.348 e. The number of hydrogen-bond acceptors (Lipinski definition) is 7. The van der Waals surface area contributed by atoms with Crippen molar-refractivity contribution in [3.63, 3.8) is 0 Å². The summed E-state index contributed by atoms with van der Waals surface area (Å²) in [6, 6.07) is 9.15. The number of carbonyl (C=O) groups excluding carboxylic acids is 2. The summed E-state index contributed by atoms with van der Waals surface area (Å²) in [6.07, 6.45) is 2.94. The zero-order chi connectivity index (χ0) is 23.0. The van der Waals surface area contributed by atoms with Gasteiger partial charge in [0.25, 0.3) is 0 Å². The average Bonchev–Trinajstić information content (AvgIpc) is 3.06. The molecule has 0 aliphatic rings. The number of carbonyl (C=O) groups is 2. The van der Waals surface area contributed by atoms with E-state index in [4.69, 9.17) is 9.47 Å². The van der Waals surface area contributed by atoms with Gasteiger partial charge in [-0.2, -0.15) is 10.5 Å². The van der Waals surface area contributed by atoms with Gasteiger partial charge >= 0.3 is 5.97 Å². The third-order valence-electron chi connectivity index (χ3n) is 4.16. The Morgan fingerprint density at radius 1 is 1.32 bits per heavy atom. The van der Waals surface area contributed by atoms with Gasteiger partial charge in [-0.15, -0.1) is 11.3 Å². The lowest BCUT2D eigenvalue weighted by Gasteiger charge is -2.06. The minimum Gasteiger partial charge on any atom is -0.488 e. The monoisotopic (exact) mass is 498 g/mol. The average molecular weight is 499 g/mol. The van der Waals surface area contributed by atoms with E-state index in [0.717, 1.165) is 11.3 Å². The molecule has 6 nitrogen and oxygen atoms in total. The molecule has 2 rings (SSSR count). The van der Waals surface area contributed by atoms with Crippen molar-refractivity contribution in [2.75, 3.05) is 13.2 Å². The lowest BCUT2D eigenvalue weighted by atomic mass is 10.0. The van der Waals surface area contributed by atoms with E-state index in [-0.39, 0.29) is 24.2 Å². The fraction of sp³-hybridized carbons (Fsp3) is 0.217. The first kappa shape index (κ1) is 24.1.